The molecular weight excluding hydrogens is 329 g/mol. The Labute approximate surface area is 134 Å². The first-order chi connectivity index (χ1) is 10.7. The van der Waals surface area contributed by atoms with Crippen LogP contribution in [0.15, 0.2) is 29.8 Å². The van der Waals surface area contributed by atoms with Gasteiger partial charge in [-0.15, -0.1) is 0 Å². The number of nitrogens with one attached hydrogen (secondary N) is 2. The third-order valence-electron chi connectivity index (χ3n) is 3.58. The number of hydrogen-bond donors (Lipinski definition) is 2. The lowest BCUT2D eigenvalue weighted by Crippen LogP contribution is -2.48. The molecule has 120 valence electrons. The fraction of sp³-hybridized carbons (Fsp3) is 0.267. The van der Waals surface area contributed by atoms with Gasteiger partial charge in [0.25, 0.3) is 0 Å². The second-order valence-corrected chi connectivity index (χ2v) is 5.42. The van der Waals surface area contributed by atoms with E-state index in [0.29, 0.717) is 0 Å². The number of piperidine rings is 1. The van der Waals surface area contributed by atoms with E-state index in [2.05, 4.69) is 5.32 Å². The number of hydrogen-bond acceptors (Lipinski definition) is 4. The van der Waals surface area contributed by atoms with Crippen LogP contribution < -0.4 is 5.32 Å². The summed E-state index contributed by atoms with van der Waals surface area (Å²) < 4.78 is 39.8. The third kappa shape index (κ3) is 3.09. The Balaban J connectivity index is 2.75. The van der Waals surface area contributed by atoms with E-state index in [0.717, 1.165) is 13.0 Å². The van der Waals surface area contributed by atoms with E-state index in [4.69, 9.17) is 17.6 Å². The molecule has 1 aliphatic rings. The van der Waals surface area contributed by atoms with Gasteiger partial charge in [0, 0.05) is 5.92 Å². The highest BCUT2D eigenvalue weighted by Crippen LogP contribution is 2.42. The number of thiocarbonyl (C=S) groups is 1. The lowest BCUT2D eigenvalue weighted by Gasteiger charge is -2.32. The number of carbonyl (C=O) groups excluding carboxylic acids is 2. The zero-order valence-electron chi connectivity index (χ0n) is 11.8. The summed E-state index contributed by atoms with van der Waals surface area (Å²) in [5, 5.41) is 9.55. The van der Waals surface area contributed by atoms with Gasteiger partial charge in [-0.3, -0.25) is 15.0 Å². The quantitative estimate of drug-likeness (QED) is 0.376. The second-order valence-electron chi connectivity index (χ2n) is 5.01. The summed E-state index contributed by atoms with van der Waals surface area (Å²) in [6.45, 7) is 1.11. The molecule has 1 amide bonds. The maximum absolute atomic E-state index is 13.3. The van der Waals surface area contributed by atoms with Crippen molar-refractivity contribution >= 4 is 34.8 Å². The number of halogens is 3. The van der Waals surface area contributed by atoms with Gasteiger partial charge in [0.15, 0.2) is 0 Å². The Morgan fingerprint density at radius 1 is 1.35 bits per heavy atom. The SMILES string of the molecule is CC(=O)C1C(=O)NC(=S)C(=C=N)C1c1ccccc1C(F)(F)F. The second kappa shape index (κ2) is 6.06. The summed E-state index contributed by atoms with van der Waals surface area (Å²) in [7, 11) is 0. The third-order valence-corrected chi connectivity index (χ3v) is 3.90. The molecule has 0 radical (unpaired) electrons. The maximum atomic E-state index is 13.3. The van der Waals surface area contributed by atoms with Crippen molar-refractivity contribution in [3.63, 3.8) is 0 Å². The van der Waals surface area contributed by atoms with Crippen LogP contribution in [0, 0.1) is 11.3 Å². The van der Waals surface area contributed by atoms with E-state index in [1.807, 2.05) is 5.87 Å². The number of ketones is 1. The van der Waals surface area contributed by atoms with Gasteiger partial charge in [0.1, 0.15) is 16.7 Å². The van der Waals surface area contributed by atoms with Crippen molar-refractivity contribution in [1.29, 1.82) is 5.41 Å². The van der Waals surface area contributed by atoms with Crippen LogP contribution in [0.1, 0.15) is 24.0 Å². The van der Waals surface area contributed by atoms with Gasteiger partial charge in [-0.05, 0) is 24.4 Å². The summed E-state index contributed by atoms with van der Waals surface area (Å²) >= 11 is 4.91. The first-order valence-corrected chi connectivity index (χ1v) is 6.90. The zero-order chi connectivity index (χ0) is 17.4. The van der Waals surface area contributed by atoms with Crippen LogP contribution in [0.25, 0.3) is 0 Å². The van der Waals surface area contributed by atoms with Gasteiger partial charge in [0.05, 0.1) is 11.1 Å². The minimum Gasteiger partial charge on any atom is -0.316 e. The largest absolute Gasteiger partial charge is 0.416 e. The predicted molar refractivity (Wildman–Crippen MR) is 80.3 cm³/mol. The summed E-state index contributed by atoms with van der Waals surface area (Å²) in [5.41, 5.74) is -1.36. The lowest BCUT2D eigenvalue weighted by molar-refractivity contribution is -0.140. The summed E-state index contributed by atoms with van der Waals surface area (Å²) in [4.78, 5) is 23.7. The molecule has 0 aliphatic carbocycles. The number of carbonyl (C=O) groups is 2. The van der Waals surface area contributed by atoms with Gasteiger partial charge in [-0.25, -0.2) is 0 Å². The van der Waals surface area contributed by atoms with Crippen molar-refractivity contribution in [3.05, 3.63) is 41.0 Å². The number of alkyl halides is 3. The van der Waals surface area contributed by atoms with E-state index >= 15 is 0 Å². The molecule has 0 aromatic heterocycles. The number of amides is 1. The van der Waals surface area contributed by atoms with E-state index in [1.54, 1.807) is 0 Å². The molecule has 0 saturated carbocycles. The molecule has 4 nitrogen and oxygen atoms in total. The van der Waals surface area contributed by atoms with Crippen LogP contribution in [0.4, 0.5) is 13.2 Å². The number of rotatable bonds is 2. The van der Waals surface area contributed by atoms with Crippen LogP contribution >= 0.6 is 12.2 Å². The Kier molecular flexibility index (Phi) is 4.49. The lowest BCUT2D eigenvalue weighted by atomic mass is 9.74. The summed E-state index contributed by atoms with van der Waals surface area (Å²) in [6.07, 6.45) is -4.67. The summed E-state index contributed by atoms with van der Waals surface area (Å²) in [5.74, 6) is -2.09. The van der Waals surface area contributed by atoms with Crippen molar-refractivity contribution in [1.82, 2.24) is 5.32 Å². The van der Waals surface area contributed by atoms with Crippen molar-refractivity contribution in [3.8, 4) is 0 Å². The van der Waals surface area contributed by atoms with Gasteiger partial charge < -0.3 is 5.32 Å². The average molecular weight is 340 g/mol. The van der Waals surface area contributed by atoms with Crippen LogP contribution in [-0.2, 0) is 15.8 Å². The summed E-state index contributed by atoms with van der Waals surface area (Å²) in [6, 6.07) is 4.63. The number of benzene rings is 1. The molecule has 1 aromatic rings. The first kappa shape index (κ1) is 17.1. The number of Topliss-reactive ketones (excluding diaryl/α,β-unsaturated/α-hetero) is 1. The van der Waals surface area contributed by atoms with E-state index in [-0.39, 0.29) is 16.1 Å². The topological polar surface area (TPSA) is 70.0 Å². The van der Waals surface area contributed by atoms with Gasteiger partial charge in [0.2, 0.25) is 5.91 Å². The molecule has 1 aliphatic heterocycles. The molecule has 1 aromatic carbocycles. The Morgan fingerprint density at radius 3 is 2.48 bits per heavy atom. The van der Waals surface area contributed by atoms with Gasteiger partial charge >= 0.3 is 6.18 Å². The smallest absolute Gasteiger partial charge is 0.316 e. The Morgan fingerprint density at radius 2 is 1.96 bits per heavy atom. The standard InChI is InChI=1S/C15H11F3N2O2S/c1-7(21)11-12(9(6-19)14(23)20-13(11)22)8-4-2-3-5-10(8)15(16,17)18/h2-5,11-12,19H,1H3,(H,20,22,23). The minimum atomic E-state index is -4.67. The molecule has 0 bridgehead atoms. The highest BCUT2D eigenvalue weighted by Gasteiger charge is 2.45. The normalized spacial score (nSPS) is 21.7. The molecule has 1 saturated heterocycles. The molecule has 8 heteroatoms. The van der Waals surface area contributed by atoms with Crippen LogP contribution in [-0.4, -0.2) is 22.5 Å². The molecule has 1 fully saturated rings. The van der Waals surface area contributed by atoms with Crippen LogP contribution in [0.5, 0.6) is 0 Å². The van der Waals surface area contributed by atoms with Crippen molar-refractivity contribution in [2.75, 3.05) is 0 Å². The molecule has 23 heavy (non-hydrogen) atoms. The molecule has 2 unspecified atom stereocenters. The first-order valence-electron chi connectivity index (χ1n) is 6.49. The van der Waals surface area contributed by atoms with Crippen molar-refractivity contribution in [2.45, 2.75) is 19.0 Å². The Hall–Kier alpha value is -2.31. The average Bonchev–Trinajstić information content (AvgIpc) is 2.45. The van der Waals surface area contributed by atoms with E-state index in [1.165, 1.54) is 18.2 Å². The van der Waals surface area contributed by atoms with E-state index in [9.17, 15) is 22.8 Å². The Bertz CT molecular complexity index is 751. The van der Waals surface area contributed by atoms with E-state index < -0.39 is 35.3 Å². The molecule has 2 rings (SSSR count). The monoisotopic (exact) mass is 340 g/mol. The predicted octanol–water partition coefficient (Wildman–Crippen LogP) is 2.63. The fourth-order valence-corrected chi connectivity index (χ4v) is 2.91. The highest BCUT2D eigenvalue weighted by atomic mass is 32.1. The molecule has 2 atom stereocenters. The molecule has 2 N–H and O–H groups in total. The zero-order valence-corrected chi connectivity index (χ0v) is 12.6. The molecule has 0 spiro atoms. The maximum Gasteiger partial charge on any atom is 0.416 e. The van der Waals surface area contributed by atoms with Crippen molar-refractivity contribution < 1.29 is 22.8 Å². The van der Waals surface area contributed by atoms with Crippen molar-refractivity contribution in [2.24, 2.45) is 5.92 Å². The fourth-order valence-electron chi connectivity index (χ4n) is 2.63. The van der Waals surface area contributed by atoms with Gasteiger partial charge in [-0.2, -0.15) is 13.2 Å². The van der Waals surface area contributed by atoms with Crippen LogP contribution in [0.3, 0.4) is 0 Å². The molecule has 1 heterocycles. The van der Waals surface area contributed by atoms with Crippen LogP contribution in [0.2, 0.25) is 0 Å². The minimum absolute atomic E-state index is 0.114. The highest BCUT2D eigenvalue weighted by molar-refractivity contribution is 7.80. The molecular formula is C15H11F3N2O2S. The van der Waals surface area contributed by atoms with Gasteiger partial charge in [-0.1, -0.05) is 30.4 Å².